The lowest BCUT2D eigenvalue weighted by atomic mass is 9.93. The summed E-state index contributed by atoms with van der Waals surface area (Å²) in [6.07, 6.45) is 1.03. The lowest BCUT2D eigenvalue weighted by molar-refractivity contribution is 0.0457. The SMILES string of the molecule is C=C(C)c1cccc(CC2C(NS(=O)(=O)N(C)C)CCCN2C(=O)OC(C)C)n1. The third kappa shape index (κ3) is 6.25. The fourth-order valence-corrected chi connectivity index (χ4v) is 4.15. The molecule has 162 valence electrons. The van der Waals surface area contributed by atoms with Crippen molar-refractivity contribution in [2.75, 3.05) is 20.6 Å². The molecular weight excluding hydrogens is 392 g/mol. The molecule has 0 aromatic carbocycles. The van der Waals surface area contributed by atoms with E-state index in [2.05, 4.69) is 16.3 Å². The number of carbonyl (C=O) groups excluding carboxylic acids is 1. The largest absolute Gasteiger partial charge is 0.447 e. The number of likely N-dealkylation sites (tertiary alicyclic amines) is 1. The molecule has 1 aromatic rings. The van der Waals surface area contributed by atoms with Gasteiger partial charge >= 0.3 is 6.09 Å². The molecule has 1 aliphatic heterocycles. The fraction of sp³-hybridized carbons (Fsp3) is 0.600. The first kappa shape index (κ1) is 23.3. The van der Waals surface area contributed by atoms with Gasteiger partial charge in [0.05, 0.1) is 17.8 Å². The maximum Gasteiger partial charge on any atom is 0.410 e. The van der Waals surface area contributed by atoms with Crippen LogP contribution in [0.15, 0.2) is 24.8 Å². The van der Waals surface area contributed by atoms with Crippen molar-refractivity contribution in [1.29, 1.82) is 0 Å². The number of carbonyl (C=O) groups is 1. The number of piperidine rings is 1. The highest BCUT2D eigenvalue weighted by molar-refractivity contribution is 7.87. The molecule has 29 heavy (non-hydrogen) atoms. The third-order valence-corrected chi connectivity index (χ3v) is 6.36. The van der Waals surface area contributed by atoms with Crippen molar-refractivity contribution in [3.8, 4) is 0 Å². The van der Waals surface area contributed by atoms with Gasteiger partial charge in [0.15, 0.2) is 0 Å². The van der Waals surface area contributed by atoms with Crippen molar-refractivity contribution in [2.45, 2.75) is 58.2 Å². The van der Waals surface area contributed by atoms with Gasteiger partial charge in [-0.15, -0.1) is 0 Å². The predicted octanol–water partition coefficient (Wildman–Crippen LogP) is 2.43. The zero-order valence-electron chi connectivity index (χ0n) is 17.9. The topological polar surface area (TPSA) is 91.8 Å². The average molecular weight is 425 g/mol. The Hall–Kier alpha value is -1.97. The van der Waals surface area contributed by atoms with Gasteiger partial charge in [0.2, 0.25) is 0 Å². The molecule has 2 heterocycles. The van der Waals surface area contributed by atoms with Gasteiger partial charge in [0.1, 0.15) is 0 Å². The van der Waals surface area contributed by atoms with E-state index < -0.39 is 28.4 Å². The van der Waals surface area contributed by atoms with Crippen molar-refractivity contribution in [3.63, 3.8) is 0 Å². The molecule has 1 saturated heterocycles. The quantitative estimate of drug-likeness (QED) is 0.726. The van der Waals surface area contributed by atoms with Crippen LogP contribution in [0, 0.1) is 0 Å². The summed E-state index contributed by atoms with van der Waals surface area (Å²) in [5.41, 5.74) is 2.39. The summed E-state index contributed by atoms with van der Waals surface area (Å²) in [7, 11) is -0.697. The molecule has 2 unspecified atom stereocenters. The van der Waals surface area contributed by atoms with Crippen molar-refractivity contribution < 1.29 is 17.9 Å². The van der Waals surface area contributed by atoms with Gasteiger partial charge in [-0.25, -0.2) is 4.79 Å². The lowest BCUT2D eigenvalue weighted by Crippen LogP contribution is -2.59. The van der Waals surface area contributed by atoms with Crippen molar-refractivity contribution in [3.05, 3.63) is 36.2 Å². The second-order valence-electron chi connectivity index (χ2n) is 7.85. The van der Waals surface area contributed by atoms with Crippen molar-refractivity contribution in [2.24, 2.45) is 0 Å². The van der Waals surface area contributed by atoms with Crippen LogP contribution in [0.1, 0.15) is 45.0 Å². The summed E-state index contributed by atoms with van der Waals surface area (Å²) < 4.78 is 34.2. The van der Waals surface area contributed by atoms with E-state index in [0.29, 0.717) is 25.8 Å². The molecule has 1 fully saturated rings. The van der Waals surface area contributed by atoms with Crippen LogP contribution >= 0.6 is 0 Å². The number of aromatic nitrogens is 1. The number of amides is 1. The minimum absolute atomic E-state index is 0.258. The second-order valence-corrected chi connectivity index (χ2v) is 9.76. The highest BCUT2D eigenvalue weighted by Crippen LogP contribution is 2.24. The van der Waals surface area contributed by atoms with E-state index in [1.165, 1.54) is 14.1 Å². The molecule has 0 saturated carbocycles. The van der Waals surface area contributed by atoms with Crippen molar-refractivity contribution >= 4 is 21.9 Å². The van der Waals surface area contributed by atoms with Crippen LogP contribution < -0.4 is 4.72 Å². The predicted molar refractivity (Wildman–Crippen MR) is 114 cm³/mol. The first-order valence-corrected chi connectivity index (χ1v) is 11.2. The van der Waals surface area contributed by atoms with Crippen LogP contribution in [0.5, 0.6) is 0 Å². The normalized spacial score (nSPS) is 20.2. The number of ether oxygens (including phenoxy) is 1. The Kier molecular flexibility index (Phi) is 7.79. The number of nitrogens with zero attached hydrogens (tertiary/aromatic N) is 3. The van der Waals surface area contributed by atoms with Gasteiger partial charge in [-0.05, 0) is 51.3 Å². The minimum Gasteiger partial charge on any atom is -0.447 e. The van der Waals surface area contributed by atoms with Gasteiger partial charge in [-0.1, -0.05) is 12.6 Å². The Morgan fingerprint density at radius 3 is 2.69 bits per heavy atom. The van der Waals surface area contributed by atoms with E-state index in [-0.39, 0.29) is 6.10 Å². The Morgan fingerprint density at radius 2 is 2.10 bits per heavy atom. The first-order chi connectivity index (χ1) is 13.5. The number of allylic oxidation sites excluding steroid dienone is 1. The number of rotatable bonds is 7. The lowest BCUT2D eigenvalue weighted by Gasteiger charge is -2.41. The van der Waals surface area contributed by atoms with E-state index >= 15 is 0 Å². The maximum atomic E-state index is 12.7. The van der Waals surface area contributed by atoms with Gasteiger partial charge in [0.25, 0.3) is 10.2 Å². The summed E-state index contributed by atoms with van der Waals surface area (Å²) in [4.78, 5) is 19.0. The van der Waals surface area contributed by atoms with Gasteiger partial charge in [-0.2, -0.15) is 17.4 Å². The Balaban J connectivity index is 2.35. The van der Waals surface area contributed by atoms with Crippen LogP contribution in [0.4, 0.5) is 4.79 Å². The fourth-order valence-electron chi connectivity index (χ4n) is 3.28. The maximum absolute atomic E-state index is 12.7. The molecule has 0 aliphatic carbocycles. The molecule has 2 rings (SSSR count). The smallest absolute Gasteiger partial charge is 0.410 e. The molecule has 2 atom stereocenters. The molecule has 0 spiro atoms. The van der Waals surface area contributed by atoms with Crippen LogP contribution in [0.25, 0.3) is 5.57 Å². The van der Waals surface area contributed by atoms with E-state index in [4.69, 9.17) is 4.74 Å². The molecule has 1 aromatic heterocycles. The minimum atomic E-state index is -3.65. The molecular formula is C20H32N4O4S. The standard InChI is InChI=1S/C20H32N4O4S/c1-14(2)17-10-7-9-16(21-17)13-19-18(22-29(26,27)23(5)6)11-8-12-24(19)20(25)28-15(3)4/h7,9-10,15,18-19,22H,1,8,11-13H2,2-6H3. The highest BCUT2D eigenvalue weighted by Gasteiger charge is 2.38. The number of hydrogen-bond acceptors (Lipinski definition) is 5. The zero-order chi connectivity index (χ0) is 21.8. The summed E-state index contributed by atoms with van der Waals surface area (Å²) in [5.74, 6) is 0. The van der Waals surface area contributed by atoms with Gasteiger partial charge in [-0.3, -0.25) is 4.98 Å². The second kappa shape index (κ2) is 9.69. The monoisotopic (exact) mass is 424 g/mol. The van der Waals surface area contributed by atoms with E-state index in [1.54, 1.807) is 18.7 Å². The molecule has 8 nitrogen and oxygen atoms in total. The summed E-state index contributed by atoms with van der Waals surface area (Å²) >= 11 is 0. The summed E-state index contributed by atoms with van der Waals surface area (Å²) in [6.45, 7) is 9.91. The summed E-state index contributed by atoms with van der Waals surface area (Å²) in [6, 6.07) is 4.81. The van der Waals surface area contributed by atoms with E-state index in [1.807, 2.05) is 25.1 Å². The first-order valence-electron chi connectivity index (χ1n) is 9.80. The third-order valence-electron chi connectivity index (χ3n) is 4.79. The van der Waals surface area contributed by atoms with Crippen LogP contribution in [0.2, 0.25) is 0 Å². The molecule has 1 N–H and O–H groups in total. The highest BCUT2D eigenvalue weighted by atomic mass is 32.2. The number of pyridine rings is 1. The molecule has 1 amide bonds. The number of hydrogen-bond donors (Lipinski definition) is 1. The zero-order valence-corrected chi connectivity index (χ0v) is 18.7. The van der Waals surface area contributed by atoms with Crippen LogP contribution in [-0.4, -0.2) is 67.5 Å². The molecule has 0 radical (unpaired) electrons. The van der Waals surface area contributed by atoms with Crippen molar-refractivity contribution in [1.82, 2.24) is 18.9 Å². The van der Waals surface area contributed by atoms with E-state index in [9.17, 15) is 13.2 Å². The van der Waals surface area contributed by atoms with Crippen LogP contribution in [0.3, 0.4) is 0 Å². The van der Waals surface area contributed by atoms with Crippen LogP contribution in [-0.2, 0) is 21.4 Å². The Bertz CT molecular complexity index is 839. The number of nitrogens with one attached hydrogen (secondary N) is 1. The molecule has 0 bridgehead atoms. The molecule has 1 aliphatic rings. The van der Waals surface area contributed by atoms with Gasteiger partial charge in [0, 0.05) is 38.8 Å². The van der Waals surface area contributed by atoms with Gasteiger partial charge < -0.3 is 9.64 Å². The Labute approximate surface area is 174 Å². The molecule has 9 heteroatoms. The average Bonchev–Trinajstić information content (AvgIpc) is 2.62. The summed E-state index contributed by atoms with van der Waals surface area (Å²) in [5, 5.41) is 0. The van der Waals surface area contributed by atoms with E-state index in [0.717, 1.165) is 21.3 Å². The Morgan fingerprint density at radius 1 is 1.41 bits per heavy atom.